The molecule has 2 aromatic rings. The van der Waals surface area contributed by atoms with Crippen molar-refractivity contribution in [1.82, 2.24) is 4.31 Å². The zero-order valence-electron chi connectivity index (χ0n) is 14.3. The summed E-state index contributed by atoms with van der Waals surface area (Å²) in [7, 11) is -3.50. The summed E-state index contributed by atoms with van der Waals surface area (Å²) in [5.41, 5.74) is 1.07. The van der Waals surface area contributed by atoms with Crippen molar-refractivity contribution in [2.45, 2.75) is 18.7 Å². The van der Waals surface area contributed by atoms with E-state index in [4.69, 9.17) is 23.8 Å². The standard InChI is InChI=1S/C17H19ClFN3O2S2/c1-3-22(4-2)26(23,24)14-8-6-13(7-9-14)20-17(25)21-16-10-5-12(19)11-15(16)18/h5-11H,3-4H2,1-2H3,(H2,20,21,25). The molecule has 0 radical (unpaired) electrons. The van der Waals surface area contributed by atoms with Crippen molar-refractivity contribution in [3.8, 4) is 0 Å². The Bertz CT molecular complexity index is 885. The maximum atomic E-state index is 13.1. The average Bonchev–Trinajstić information content (AvgIpc) is 2.59. The summed E-state index contributed by atoms with van der Waals surface area (Å²) >= 11 is 11.1. The lowest BCUT2D eigenvalue weighted by Gasteiger charge is -2.18. The molecule has 0 amide bonds. The highest BCUT2D eigenvalue weighted by atomic mass is 35.5. The highest BCUT2D eigenvalue weighted by Crippen LogP contribution is 2.23. The molecule has 0 heterocycles. The lowest BCUT2D eigenvalue weighted by Crippen LogP contribution is -2.30. The van der Waals surface area contributed by atoms with Gasteiger partial charge >= 0.3 is 0 Å². The predicted molar refractivity (Wildman–Crippen MR) is 108 cm³/mol. The number of rotatable bonds is 6. The van der Waals surface area contributed by atoms with Gasteiger partial charge in [0.05, 0.1) is 15.6 Å². The number of benzene rings is 2. The van der Waals surface area contributed by atoms with E-state index in [-0.39, 0.29) is 15.0 Å². The second-order valence-corrected chi connectivity index (χ2v) is 8.07. The van der Waals surface area contributed by atoms with E-state index in [2.05, 4.69) is 10.6 Å². The number of nitrogens with one attached hydrogen (secondary N) is 2. The minimum absolute atomic E-state index is 0.204. The Hall–Kier alpha value is -1.74. The van der Waals surface area contributed by atoms with Gasteiger partial charge in [-0.2, -0.15) is 4.31 Å². The molecule has 2 aromatic carbocycles. The summed E-state index contributed by atoms with van der Waals surface area (Å²) in [6.07, 6.45) is 0. The van der Waals surface area contributed by atoms with E-state index in [9.17, 15) is 12.8 Å². The normalized spacial score (nSPS) is 11.4. The summed E-state index contributed by atoms with van der Waals surface area (Å²) in [4.78, 5) is 0.215. The number of hydrogen-bond donors (Lipinski definition) is 2. The molecule has 0 bridgehead atoms. The van der Waals surface area contributed by atoms with Gasteiger partial charge in [-0.3, -0.25) is 0 Å². The number of anilines is 2. The van der Waals surface area contributed by atoms with Crippen LogP contribution in [0.15, 0.2) is 47.4 Å². The van der Waals surface area contributed by atoms with Crippen LogP contribution < -0.4 is 10.6 Å². The van der Waals surface area contributed by atoms with Crippen molar-refractivity contribution in [3.05, 3.63) is 53.3 Å². The van der Waals surface area contributed by atoms with Crippen molar-refractivity contribution >= 4 is 50.3 Å². The quantitative estimate of drug-likeness (QED) is 0.688. The van der Waals surface area contributed by atoms with Crippen LogP contribution >= 0.6 is 23.8 Å². The van der Waals surface area contributed by atoms with Gasteiger partial charge in [0.25, 0.3) is 0 Å². The SMILES string of the molecule is CCN(CC)S(=O)(=O)c1ccc(NC(=S)Nc2ccc(F)cc2Cl)cc1. The zero-order chi connectivity index (χ0) is 19.3. The first-order chi connectivity index (χ1) is 12.3. The van der Waals surface area contributed by atoms with Crippen LogP contribution in [0.4, 0.5) is 15.8 Å². The third kappa shape index (κ3) is 4.91. The lowest BCUT2D eigenvalue weighted by atomic mass is 10.3. The first-order valence-electron chi connectivity index (χ1n) is 7.91. The molecule has 0 fully saturated rings. The van der Waals surface area contributed by atoms with Crippen LogP contribution in [0.25, 0.3) is 0 Å². The van der Waals surface area contributed by atoms with Gasteiger partial charge in [-0.1, -0.05) is 25.4 Å². The van der Waals surface area contributed by atoms with E-state index < -0.39 is 15.8 Å². The minimum Gasteiger partial charge on any atom is -0.332 e. The maximum absolute atomic E-state index is 13.1. The molecule has 5 nitrogen and oxygen atoms in total. The Morgan fingerprint density at radius 3 is 2.27 bits per heavy atom. The number of nitrogens with zero attached hydrogens (tertiary/aromatic N) is 1. The topological polar surface area (TPSA) is 61.4 Å². The van der Waals surface area contributed by atoms with Crippen molar-refractivity contribution < 1.29 is 12.8 Å². The van der Waals surface area contributed by atoms with Crippen LogP contribution in [0.2, 0.25) is 5.02 Å². The summed E-state index contributed by atoms with van der Waals surface area (Å²) in [5.74, 6) is -0.440. The molecule has 0 aliphatic carbocycles. The van der Waals surface area contributed by atoms with Gasteiger partial charge in [-0.05, 0) is 54.7 Å². The lowest BCUT2D eigenvalue weighted by molar-refractivity contribution is 0.445. The first-order valence-corrected chi connectivity index (χ1v) is 10.1. The molecule has 0 atom stereocenters. The molecule has 9 heteroatoms. The van der Waals surface area contributed by atoms with Crippen LogP contribution in [0.5, 0.6) is 0 Å². The molecule has 0 saturated carbocycles. The zero-order valence-corrected chi connectivity index (χ0v) is 16.7. The summed E-state index contributed by atoms with van der Waals surface area (Å²) in [6, 6.07) is 10.2. The second kappa shape index (κ2) is 8.77. The van der Waals surface area contributed by atoms with Crippen molar-refractivity contribution in [3.63, 3.8) is 0 Å². The van der Waals surface area contributed by atoms with Crippen LogP contribution in [-0.2, 0) is 10.0 Å². The van der Waals surface area contributed by atoms with Crippen LogP contribution in [0.1, 0.15) is 13.8 Å². The van der Waals surface area contributed by atoms with E-state index in [0.717, 1.165) is 0 Å². The third-order valence-corrected chi connectivity index (χ3v) is 6.22. The Kier molecular flexibility index (Phi) is 6.94. The largest absolute Gasteiger partial charge is 0.332 e. The summed E-state index contributed by atoms with van der Waals surface area (Å²) in [6.45, 7) is 4.40. The third-order valence-electron chi connectivity index (χ3n) is 3.63. The van der Waals surface area contributed by atoms with Crippen molar-refractivity contribution in [2.24, 2.45) is 0 Å². The molecule has 2 N–H and O–H groups in total. The van der Waals surface area contributed by atoms with Crippen molar-refractivity contribution in [2.75, 3.05) is 23.7 Å². The number of sulfonamides is 1. The summed E-state index contributed by atoms with van der Waals surface area (Å²) < 4.78 is 39.4. The van der Waals surface area contributed by atoms with E-state index in [1.807, 2.05) is 0 Å². The smallest absolute Gasteiger partial charge is 0.243 e. The molecule has 0 unspecified atom stereocenters. The Morgan fingerprint density at radius 1 is 1.12 bits per heavy atom. The Balaban J connectivity index is 2.08. The molecule has 0 aliphatic heterocycles. The fourth-order valence-corrected chi connectivity index (χ4v) is 4.20. The van der Waals surface area contributed by atoms with Crippen LogP contribution in [-0.4, -0.2) is 30.9 Å². The molecule has 0 saturated heterocycles. The fourth-order valence-electron chi connectivity index (χ4n) is 2.30. The van der Waals surface area contributed by atoms with Crippen LogP contribution in [0.3, 0.4) is 0 Å². The van der Waals surface area contributed by atoms with Gasteiger partial charge in [-0.25, -0.2) is 12.8 Å². The first kappa shape index (κ1) is 20.6. The molecular formula is C17H19ClFN3O2S2. The van der Waals surface area contributed by atoms with Gasteiger partial charge in [-0.15, -0.1) is 0 Å². The summed E-state index contributed by atoms with van der Waals surface area (Å²) in [5, 5.41) is 6.24. The van der Waals surface area contributed by atoms with E-state index in [0.29, 0.717) is 24.5 Å². The van der Waals surface area contributed by atoms with Gasteiger partial charge < -0.3 is 10.6 Å². The average molecular weight is 416 g/mol. The number of hydrogen-bond acceptors (Lipinski definition) is 3. The molecule has 0 aromatic heterocycles. The Morgan fingerprint density at radius 2 is 1.73 bits per heavy atom. The number of thiocarbonyl (C=S) groups is 1. The van der Waals surface area contributed by atoms with Gasteiger partial charge in [0, 0.05) is 18.8 Å². The van der Waals surface area contributed by atoms with Gasteiger partial charge in [0.2, 0.25) is 10.0 Å². The van der Waals surface area contributed by atoms with Crippen molar-refractivity contribution in [1.29, 1.82) is 0 Å². The highest BCUT2D eigenvalue weighted by Gasteiger charge is 2.21. The molecule has 2 rings (SSSR count). The molecule has 0 spiro atoms. The van der Waals surface area contributed by atoms with E-state index >= 15 is 0 Å². The Labute approximate surface area is 163 Å². The molecule has 26 heavy (non-hydrogen) atoms. The second-order valence-electron chi connectivity index (χ2n) is 5.32. The van der Waals surface area contributed by atoms with Gasteiger partial charge in [0.15, 0.2) is 5.11 Å². The minimum atomic E-state index is -3.50. The van der Waals surface area contributed by atoms with E-state index in [1.165, 1.54) is 34.6 Å². The van der Waals surface area contributed by atoms with Gasteiger partial charge in [0.1, 0.15) is 5.82 Å². The van der Waals surface area contributed by atoms with Crippen LogP contribution in [0, 0.1) is 5.82 Å². The van der Waals surface area contributed by atoms with E-state index in [1.54, 1.807) is 26.0 Å². The molecule has 140 valence electrons. The fraction of sp³-hybridized carbons (Fsp3) is 0.235. The molecule has 0 aliphatic rings. The molecular weight excluding hydrogens is 397 g/mol. The predicted octanol–water partition coefficient (Wildman–Crippen LogP) is 4.32. The maximum Gasteiger partial charge on any atom is 0.243 e. The monoisotopic (exact) mass is 415 g/mol. The highest BCUT2D eigenvalue weighted by molar-refractivity contribution is 7.89. The number of halogens is 2.